The molecule has 0 heterocycles. The van der Waals surface area contributed by atoms with Gasteiger partial charge < -0.3 is 0 Å². The summed E-state index contributed by atoms with van der Waals surface area (Å²) in [4.78, 5) is 0. The van der Waals surface area contributed by atoms with Crippen molar-refractivity contribution in [3.63, 3.8) is 0 Å². The molecule has 0 amide bonds. The summed E-state index contributed by atoms with van der Waals surface area (Å²) in [7, 11) is -1.44. The first-order valence-corrected chi connectivity index (χ1v) is 6.94. The van der Waals surface area contributed by atoms with Crippen LogP contribution in [-0.4, -0.2) is 8.96 Å². The third-order valence-electron chi connectivity index (χ3n) is 2.83. The van der Waals surface area contributed by atoms with Crippen molar-refractivity contribution >= 4 is 22.6 Å². The molecule has 0 radical (unpaired) electrons. The Kier molecular flexibility index (Phi) is 4.69. The lowest BCUT2D eigenvalue weighted by atomic mass is 9.91. The fraction of sp³-hybridized carbons (Fsp3) is 0.500. The van der Waals surface area contributed by atoms with Crippen molar-refractivity contribution in [2.75, 3.05) is 0 Å². The van der Waals surface area contributed by atoms with Crippen LogP contribution in [0.1, 0.15) is 38.7 Å². The summed E-state index contributed by atoms with van der Waals surface area (Å²) >= 11 is 5.84. The Balaban J connectivity index is 2.94. The van der Waals surface area contributed by atoms with Gasteiger partial charge in [-0.15, -0.1) is 0 Å². The van der Waals surface area contributed by atoms with Gasteiger partial charge in [0, 0.05) is 5.02 Å². The van der Waals surface area contributed by atoms with Crippen LogP contribution in [0.2, 0.25) is 5.02 Å². The van der Waals surface area contributed by atoms with Crippen molar-refractivity contribution in [3.05, 3.63) is 34.6 Å². The predicted octanol–water partition coefficient (Wildman–Crippen LogP) is 3.37. The first kappa shape index (κ1) is 14.6. The highest BCUT2D eigenvalue weighted by Crippen LogP contribution is 2.31. The van der Waals surface area contributed by atoms with E-state index in [2.05, 4.69) is 0 Å². The number of hydrogen-bond donors (Lipinski definition) is 1. The molecule has 96 valence electrons. The predicted molar refractivity (Wildman–Crippen MR) is 70.9 cm³/mol. The molecule has 0 aliphatic heterocycles. The molecule has 0 fully saturated rings. The third kappa shape index (κ3) is 3.76. The Morgan fingerprint density at radius 3 is 2.65 bits per heavy atom. The average Bonchev–Trinajstić information content (AvgIpc) is 2.20. The van der Waals surface area contributed by atoms with Crippen LogP contribution in [0.4, 0.5) is 4.39 Å². The van der Waals surface area contributed by atoms with E-state index in [0.29, 0.717) is 17.0 Å². The number of halogens is 2. The molecular weight excluding hydrogens is 261 g/mol. The van der Waals surface area contributed by atoms with Crippen LogP contribution in [0.25, 0.3) is 0 Å². The summed E-state index contributed by atoms with van der Waals surface area (Å²) in [5.41, 5.74) is 0.538. The second-order valence-electron chi connectivity index (χ2n) is 4.83. The fourth-order valence-electron chi connectivity index (χ4n) is 1.82. The quantitative estimate of drug-likeness (QED) is 0.901. The van der Waals surface area contributed by atoms with Gasteiger partial charge in [-0.3, -0.25) is 5.14 Å². The fourth-order valence-corrected chi connectivity index (χ4v) is 2.42. The number of hydrogen-bond acceptors (Lipinski definition) is 1. The lowest BCUT2D eigenvalue weighted by molar-refractivity contribution is 0.516. The van der Waals surface area contributed by atoms with Crippen LogP contribution in [0.15, 0.2) is 18.2 Å². The van der Waals surface area contributed by atoms with Crippen LogP contribution in [0.3, 0.4) is 0 Å². The molecule has 0 aliphatic rings. The molecule has 0 saturated carbocycles. The van der Waals surface area contributed by atoms with E-state index >= 15 is 0 Å². The van der Waals surface area contributed by atoms with Crippen molar-refractivity contribution in [1.29, 1.82) is 0 Å². The highest BCUT2D eigenvalue weighted by Gasteiger charge is 2.27. The van der Waals surface area contributed by atoms with E-state index in [0.717, 1.165) is 0 Å². The molecule has 0 spiro atoms. The van der Waals surface area contributed by atoms with Crippen LogP contribution in [0.5, 0.6) is 0 Å². The highest BCUT2D eigenvalue weighted by atomic mass is 35.5. The molecule has 5 heteroatoms. The minimum atomic E-state index is -1.44. The molecule has 0 bridgehead atoms. The summed E-state index contributed by atoms with van der Waals surface area (Å²) in [6.07, 6.45) is 0.535. The average molecular weight is 278 g/mol. The topological polar surface area (TPSA) is 43.1 Å². The maximum atomic E-state index is 13.6. The first-order valence-electron chi connectivity index (χ1n) is 5.35. The Morgan fingerprint density at radius 2 is 2.12 bits per heavy atom. The molecule has 2 atom stereocenters. The van der Waals surface area contributed by atoms with Crippen molar-refractivity contribution in [2.45, 2.75) is 37.9 Å². The second kappa shape index (κ2) is 5.46. The van der Waals surface area contributed by atoms with Gasteiger partial charge in [-0.25, -0.2) is 8.60 Å². The number of rotatable bonds is 4. The Labute approximate surface area is 109 Å². The minimum Gasteiger partial charge on any atom is -0.251 e. The normalized spacial score (nSPS) is 15.6. The van der Waals surface area contributed by atoms with E-state index in [1.54, 1.807) is 6.07 Å². The van der Waals surface area contributed by atoms with E-state index in [1.165, 1.54) is 12.1 Å². The van der Waals surface area contributed by atoms with Gasteiger partial charge in [0.15, 0.2) is 0 Å². The molecule has 1 rings (SSSR count). The van der Waals surface area contributed by atoms with Crippen molar-refractivity contribution in [2.24, 2.45) is 5.14 Å². The van der Waals surface area contributed by atoms with Gasteiger partial charge in [0.2, 0.25) is 0 Å². The number of benzene rings is 1. The molecule has 1 aromatic rings. The van der Waals surface area contributed by atoms with E-state index in [4.69, 9.17) is 16.7 Å². The zero-order chi connectivity index (χ0) is 13.2. The lowest BCUT2D eigenvalue weighted by Crippen LogP contribution is -2.33. The maximum Gasteiger partial charge on any atom is 0.126 e. The third-order valence-corrected chi connectivity index (χ3v) is 4.32. The van der Waals surface area contributed by atoms with E-state index in [9.17, 15) is 8.60 Å². The summed E-state index contributed by atoms with van der Waals surface area (Å²) in [5.74, 6) is -0.378. The summed E-state index contributed by atoms with van der Waals surface area (Å²) in [6.45, 7) is 5.49. The molecule has 2 N–H and O–H groups in total. The van der Waals surface area contributed by atoms with E-state index in [-0.39, 0.29) is 11.7 Å². The second-order valence-corrected chi connectivity index (χ2v) is 6.96. The van der Waals surface area contributed by atoms with Gasteiger partial charge in [0.05, 0.1) is 15.7 Å². The van der Waals surface area contributed by atoms with E-state index < -0.39 is 15.7 Å². The smallest absolute Gasteiger partial charge is 0.126 e. The largest absolute Gasteiger partial charge is 0.251 e. The summed E-state index contributed by atoms with van der Waals surface area (Å²) in [6, 6.07) is 4.47. The highest BCUT2D eigenvalue weighted by molar-refractivity contribution is 7.84. The Hall–Kier alpha value is -0.450. The molecule has 2 nitrogen and oxygen atoms in total. The first-order chi connectivity index (χ1) is 7.74. The van der Waals surface area contributed by atoms with Gasteiger partial charge in [-0.05, 0) is 49.9 Å². The van der Waals surface area contributed by atoms with Gasteiger partial charge in [0.25, 0.3) is 0 Å². The molecule has 1 aromatic carbocycles. The molecule has 0 saturated heterocycles. The Bertz CT molecular complexity index is 437. The van der Waals surface area contributed by atoms with Gasteiger partial charge in [-0.1, -0.05) is 18.5 Å². The summed E-state index contributed by atoms with van der Waals surface area (Å²) in [5, 5.41) is 5.92. The molecule has 17 heavy (non-hydrogen) atoms. The van der Waals surface area contributed by atoms with Crippen molar-refractivity contribution in [3.8, 4) is 0 Å². The van der Waals surface area contributed by atoms with Crippen LogP contribution in [-0.2, 0) is 11.0 Å². The van der Waals surface area contributed by atoms with Crippen LogP contribution >= 0.6 is 11.6 Å². The summed E-state index contributed by atoms with van der Waals surface area (Å²) < 4.78 is 24.4. The Morgan fingerprint density at radius 1 is 1.53 bits per heavy atom. The molecular formula is C12H17ClFNOS. The monoisotopic (exact) mass is 277 g/mol. The van der Waals surface area contributed by atoms with Crippen LogP contribution < -0.4 is 5.14 Å². The molecule has 1 unspecified atom stereocenters. The standard InChI is InChI=1S/C12H17ClFNOS/c1-8(7-12(2,3)17(15)16)10-6-9(13)4-5-11(10)14/h4-6,8H,7,15H2,1-3H3/t8-,17?/m1/s1. The maximum absolute atomic E-state index is 13.6. The van der Waals surface area contributed by atoms with Crippen molar-refractivity contribution < 1.29 is 8.60 Å². The van der Waals surface area contributed by atoms with Gasteiger partial charge >= 0.3 is 0 Å². The SMILES string of the molecule is C[C@H](CC(C)(C)S(N)=O)c1cc(Cl)ccc1F. The van der Waals surface area contributed by atoms with E-state index in [1.807, 2.05) is 20.8 Å². The lowest BCUT2D eigenvalue weighted by Gasteiger charge is -2.25. The number of nitrogens with two attached hydrogens (primary N) is 1. The van der Waals surface area contributed by atoms with Crippen molar-refractivity contribution in [1.82, 2.24) is 0 Å². The molecule has 0 aliphatic carbocycles. The minimum absolute atomic E-state index is 0.0869. The molecule has 0 aromatic heterocycles. The van der Waals surface area contributed by atoms with Gasteiger partial charge in [0.1, 0.15) is 5.82 Å². The van der Waals surface area contributed by atoms with Gasteiger partial charge in [-0.2, -0.15) is 0 Å². The van der Waals surface area contributed by atoms with Crippen LogP contribution in [0, 0.1) is 5.82 Å². The zero-order valence-electron chi connectivity index (χ0n) is 10.2. The zero-order valence-corrected chi connectivity index (χ0v) is 11.7.